The van der Waals surface area contributed by atoms with Crippen molar-refractivity contribution >= 4 is 16.5 Å². The predicted octanol–water partition coefficient (Wildman–Crippen LogP) is 6.78. The number of ether oxygens (including phenoxy) is 1. The SMILES string of the molecule is Cc1cccc(C)c1-c1nc(N)sc1-c1ccc(F)c(OCC(C)(C)C(F)(F)F)c1. The summed E-state index contributed by atoms with van der Waals surface area (Å²) in [6, 6.07) is 9.97. The van der Waals surface area contributed by atoms with Crippen LogP contribution in [-0.2, 0) is 0 Å². The Kier molecular flexibility index (Phi) is 5.82. The molecule has 0 radical (unpaired) electrons. The van der Waals surface area contributed by atoms with Crippen LogP contribution in [0.4, 0.5) is 22.7 Å². The van der Waals surface area contributed by atoms with Crippen LogP contribution in [0.2, 0.25) is 0 Å². The smallest absolute Gasteiger partial charge is 0.397 e. The van der Waals surface area contributed by atoms with E-state index < -0.39 is 24.0 Å². The van der Waals surface area contributed by atoms with Gasteiger partial charge < -0.3 is 10.5 Å². The number of halogens is 4. The van der Waals surface area contributed by atoms with Crippen LogP contribution in [0.15, 0.2) is 36.4 Å². The molecule has 0 unspecified atom stereocenters. The van der Waals surface area contributed by atoms with Gasteiger partial charge >= 0.3 is 6.18 Å². The van der Waals surface area contributed by atoms with Crippen molar-refractivity contribution in [3.63, 3.8) is 0 Å². The largest absolute Gasteiger partial charge is 0.490 e. The molecule has 0 bridgehead atoms. The maximum atomic E-state index is 14.3. The molecular weight excluding hydrogens is 416 g/mol. The Labute approximate surface area is 176 Å². The quantitative estimate of drug-likeness (QED) is 0.447. The summed E-state index contributed by atoms with van der Waals surface area (Å²) in [4.78, 5) is 5.16. The maximum Gasteiger partial charge on any atom is 0.397 e. The van der Waals surface area contributed by atoms with Gasteiger partial charge in [-0.25, -0.2) is 9.37 Å². The number of benzene rings is 2. The highest BCUT2D eigenvalue weighted by Gasteiger charge is 2.48. The Morgan fingerprint density at radius 3 is 2.30 bits per heavy atom. The summed E-state index contributed by atoms with van der Waals surface area (Å²) in [6.45, 7) is 5.24. The first kappa shape index (κ1) is 22.1. The van der Waals surface area contributed by atoms with Crippen LogP contribution < -0.4 is 10.5 Å². The minimum absolute atomic E-state index is 0.246. The first-order valence-corrected chi connectivity index (χ1v) is 10.0. The number of nitrogens with two attached hydrogens (primary N) is 1. The molecule has 1 heterocycles. The molecule has 160 valence electrons. The maximum absolute atomic E-state index is 14.3. The molecular formula is C22H22F4N2OS. The summed E-state index contributed by atoms with van der Waals surface area (Å²) < 4.78 is 58.8. The molecule has 0 amide bonds. The molecule has 0 atom stereocenters. The molecule has 1 aromatic heterocycles. The lowest BCUT2D eigenvalue weighted by atomic mass is 9.94. The molecule has 0 saturated heterocycles. The van der Waals surface area contributed by atoms with Crippen LogP contribution in [-0.4, -0.2) is 17.8 Å². The normalized spacial score (nSPS) is 12.3. The Morgan fingerprint density at radius 1 is 1.07 bits per heavy atom. The first-order valence-electron chi connectivity index (χ1n) is 9.23. The van der Waals surface area contributed by atoms with E-state index >= 15 is 0 Å². The molecule has 3 aromatic rings. The van der Waals surface area contributed by atoms with Crippen molar-refractivity contribution in [3.05, 3.63) is 53.3 Å². The fourth-order valence-corrected chi connectivity index (χ4v) is 3.82. The Morgan fingerprint density at radius 2 is 1.70 bits per heavy atom. The lowest BCUT2D eigenvalue weighted by Gasteiger charge is -2.27. The molecule has 0 aliphatic carbocycles. The van der Waals surface area contributed by atoms with Crippen LogP contribution >= 0.6 is 11.3 Å². The average Bonchev–Trinajstić information content (AvgIpc) is 3.01. The van der Waals surface area contributed by atoms with Gasteiger partial charge in [-0.15, -0.1) is 0 Å². The van der Waals surface area contributed by atoms with Gasteiger partial charge in [-0.05, 0) is 56.5 Å². The van der Waals surface area contributed by atoms with E-state index in [-0.39, 0.29) is 5.75 Å². The lowest BCUT2D eigenvalue weighted by Crippen LogP contribution is -2.37. The number of rotatable bonds is 5. The zero-order valence-corrected chi connectivity index (χ0v) is 17.8. The van der Waals surface area contributed by atoms with E-state index in [0.717, 1.165) is 30.5 Å². The molecule has 2 N–H and O–H groups in total. The summed E-state index contributed by atoms with van der Waals surface area (Å²) in [6.07, 6.45) is -4.47. The molecule has 0 aliphatic heterocycles. The van der Waals surface area contributed by atoms with Gasteiger partial charge in [0.1, 0.15) is 6.61 Å². The van der Waals surface area contributed by atoms with Crippen LogP contribution in [0.5, 0.6) is 5.75 Å². The number of aromatic nitrogens is 1. The van der Waals surface area contributed by atoms with Gasteiger partial charge in [0.2, 0.25) is 0 Å². The number of aryl methyl sites for hydroxylation is 2. The van der Waals surface area contributed by atoms with E-state index in [2.05, 4.69) is 4.98 Å². The van der Waals surface area contributed by atoms with Crippen molar-refractivity contribution in [1.29, 1.82) is 0 Å². The highest BCUT2D eigenvalue weighted by molar-refractivity contribution is 7.19. The van der Waals surface area contributed by atoms with Crippen molar-refractivity contribution < 1.29 is 22.3 Å². The topological polar surface area (TPSA) is 48.1 Å². The predicted molar refractivity (Wildman–Crippen MR) is 112 cm³/mol. The number of anilines is 1. The zero-order chi connectivity index (χ0) is 22.3. The third kappa shape index (κ3) is 4.28. The minimum Gasteiger partial charge on any atom is -0.490 e. The fourth-order valence-electron chi connectivity index (χ4n) is 2.98. The molecule has 0 aliphatic rings. The van der Waals surface area contributed by atoms with Gasteiger partial charge in [0.05, 0.1) is 16.0 Å². The summed E-state index contributed by atoms with van der Waals surface area (Å²) >= 11 is 1.23. The Hall–Kier alpha value is -2.61. The molecule has 0 fully saturated rings. The summed E-state index contributed by atoms with van der Waals surface area (Å²) in [7, 11) is 0. The minimum atomic E-state index is -4.47. The Bertz CT molecular complexity index is 1050. The number of hydrogen-bond acceptors (Lipinski definition) is 4. The third-order valence-corrected chi connectivity index (χ3v) is 5.84. The van der Waals surface area contributed by atoms with Crippen LogP contribution in [0.25, 0.3) is 21.7 Å². The Balaban J connectivity index is 2.02. The molecule has 30 heavy (non-hydrogen) atoms. The van der Waals surface area contributed by atoms with Crippen LogP contribution in [0, 0.1) is 25.1 Å². The van der Waals surface area contributed by atoms with E-state index in [9.17, 15) is 17.6 Å². The van der Waals surface area contributed by atoms with E-state index in [1.165, 1.54) is 23.5 Å². The molecule has 2 aromatic carbocycles. The van der Waals surface area contributed by atoms with Gasteiger partial charge in [-0.3, -0.25) is 0 Å². The van der Waals surface area contributed by atoms with E-state index in [1.807, 2.05) is 32.0 Å². The van der Waals surface area contributed by atoms with Gasteiger partial charge in [-0.1, -0.05) is 35.6 Å². The average molecular weight is 438 g/mol. The monoisotopic (exact) mass is 438 g/mol. The molecule has 3 rings (SSSR count). The van der Waals surface area contributed by atoms with Gasteiger partial charge in [-0.2, -0.15) is 13.2 Å². The van der Waals surface area contributed by atoms with Crippen molar-refractivity contribution in [2.75, 3.05) is 12.3 Å². The number of thiazole rings is 1. The second-order valence-electron chi connectivity index (χ2n) is 7.81. The standard InChI is InChI=1S/C22H22F4N2OS/c1-12-6-5-7-13(2)17(12)18-19(30-20(27)28-18)14-8-9-15(23)16(10-14)29-11-21(3,4)22(24,25)26/h5-10H,11H2,1-4H3,(H2,27,28). The third-order valence-electron chi connectivity index (χ3n) is 4.91. The molecule has 0 spiro atoms. The second-order valence-corrected chi connectivity index (χ2v) is 8.84. The summed E-state index contributed by atoms with van der Waals surface area (Å²) in [5.41, 5.74) is 8.01. The zero-order valence-electron chi connectivity index (χ0n) is 17.0. The van der Waals surface area contributed by atoms with Crippen molar-refractivity contribution in [2.24, 2.45) is 5.41 Å². The van der Waals surface area contributed by atoms with E-state index in [0.29, 0.717) is 21.3 Å². The molecule has 8 heteroatoms. The van der Waals surface area contributed by atoms with Crippen molar-refractivity contribution in [3.8, 4) is 27.4 Å². The summed E-state index contributed by atoms with van der Waals surface area (Å²) in [5.74, 6) is -0.980. The first-order chi connectivity index (χ1) is 13.9. The number of hydrogen-bond donors (Lipinski definition) is 1. The highest BCUT2D eigenvalue weighted by Crippen LogP contribution is 2.42. The second kappa shape index (κ2) is 7.91. The van der Waals surface area contributed by atoms with Crippen molar-refractivity contribution in [2.45, 2.75) is 33.9 Å². The highest BCUT2D eigenvalue weighted by atomic mass is 32.1. The molecule has 0 saturated carbocycles. The molecule has 3 nitrogen and oxygen atoms in total. The van der Waals surface area contributed by atoms with Gasteiger partial charge in [0.15, 0.2) is 16.7 Å². The number of nitrogens with zero attached hydrogens (tertiary/aromatic N) is 1. The van der Waals surface area contributed by atoms with Crippen LogP contribution in [0.3, 0.4) is 0 Å². The summed E-state index contributed by atoms with van der Waals surface area (Å²) in [5, 5.41) is 0.340. The van der Waals surface area contributed by atoms with E-state index in [4.69, 9.17) is 10.5 Å². The van der Waals surface area contributed by atoms with Gasteiger partial charge in [0, 0.05) is 5.56 Å². The number of nitrogen functional groups attached to an aromatic ring is 1. The van der Waals surface area contributed by atoms with Gasteiger partial charge in [0.25, 0.3) is 0 Å². The van der Waals surface area contributed by atoms with Crippen LogP contribution in [0.1, 0.15) is 25.0 Å². The number of alkyl halides is 3. The van der Waals surface area contributed by atoms with Crippen molar-refractivity contribution in [1.82, 2.24) is 4.98 Å². The lowest BCUT2D eigenvalue weighted by molar-refractivity contribution is -0.219. The fraction of sp³-hybridized carbons (Fsp3) is 0.318. The van der Waals surface area contributed by atoms with E-state index in [1.54, 1.807) is 6.07 Å².